The van der Waals surface area contributed by atoms with Crippen LogP contribution in [0.2, 0.25) is 0 Å². The normalized spacial score (nSPS) is 19.6. The van der Waals surface area contributed by atoms with Crippen LogP contribution >= 0.6 is 23.1 Å². The van der Waals surface area contributed by atoms with Crippen LogP contribution in [0.3, 0.4) is 0 Å². The lowest BCUT2D eigenvalue weighted by atomic mass is 10.2. The highest BCUT2D eigenvalue weighted by molar-refractivity contribution is 8.02. The number of amides is 1. The number of thioether (sulfide) groups is 1. The monoisotopic (exact) mass is 430 g/mol. The number of aromatic nitrogens is 2. The van der Waals surface area contributed by atoms with Gasteiger partial charge in [-0.3, -0.25) is 4.79 Å². The number of benzene rings is 1. The Hall–Kier alpha value is -1.72. The largest absolute Gasteiger partial charge is 0.341 e. The fourth-order valence-corrected chi connectivity index (χ4v) is 6.51. The lowest BCUT2D eigenvalue weighted by molar-refractivity contribution is -0.130. The maximum absolute atomic E-state index is 12.9. The van der Waals surface area contributed by atoms with Gasteiger partial charge < -0.3 is 10.2 Å². The van der Waals surface area contributed by atoms with Crippen molar-refractivity contribution >= 4 is 49.7 Å². The molecule has 0 spiro atoms. The molecule has 1 N–H and O–H groups in total. The number of nitrogens with one attached hydrogen (secondary N) is 1. The third-order valence-electron chi connectivity index (χ3n) is 4.23. The third-order valence-corrected chi connectivity index (χ3v) is 7.99. The van der Waals surface area contributed by atoms with Gasteiger partial charge in [-0.25, -0.2) is 12.8 Å². The molecule has 7 nitrogen and oxygen atoms in total. The molecule has 2 aromatic rings. The van der Waals surface area contributed by atoms with Crippen LogP contribution in [0.1, 0.15) is 13.3 Å². The maximum Gasteiger partial charge on any atom is 0.235 e. The van der Waals surface area contributed by atoms with Crippen molar-refractivity contribution in [3.63, 3.8) is 0 Å². The van der Waals surface area contributed by atoms with Crippen molar-refractivity contribution in [2.75, 3.05) is 23.9 Å². The van der Waals surface area contributed by atoms with Crippen molar-refractivity contribution in [1.29, 1.82) is 0 Å². The second-order valence-electron chi connectivity index (χ2n) is 6.27. The molecule has 1 fully saturated rings. The van der Waals surface area contributed by atoms with E-state index in [1.807, 2.05) is 0 Å². The number of halogens is 1. The number of anilines is 2. The quantitative estimate of drug-likeness (QED) is 0.704. The Bertz CT molecular complexity index is 917. The second kappa shape index (κ2) is 8.11. The van der Waals surface area contributed by atoms with Crippen molar-refractivity contribution in [3.05, 3.63) is 30.1 Å². The van der Waals surface area contributed by atoms with Crippen molar-refractivity contribution in [2.45, 2.75) is 29.0 Å². The minimum atomic E-state index is -3.04. The standard InChI is InChI=1S/C16H19FN4O3S3/c1-10(14(22)21(2)13-7-8-27(23,24)9-13)25-16-20-19-15(26-16)18-12-5-3-11(17)4-6-12/h3-6,10,13H,7-9H2,1-2H3,(H,18,19). The first-order valence-electron chi connectivity index (χ1n) is 8.23. The average molecular weight is 431 g/mol. The van der Waals surface area contributed by atoms with Crippen molar-refractivity contribution in [2.24, 2.45) is 0 Å². The van der Waals surface area contributed by atoms with E-state index in [9.17, 15) is 17.6 Å². The van der Waals surface area contributed by atoms with Crippen LogP contribution in [0.25, 0.3) is 0 Å². The van der Waals surface area contributed by atoms with Gasteiger partial charge in [0.2, 0.25) is 11.0 Å². The highest BCUT2D eigenvalue weighted by Gasteiger charge is 2.34. The molecule has 0 saturated carbocycles. The zero-order valence-corrected chi connectivity index (χ0v) is 17.2. The van der Waals surface area contributed by atoms with Gasteiger partial charge in [0, 0.05) is 18.8 Å². The van der Waals surface area contributed by atoms with Crippen LogP contribution in [0.15, 0.2) is 28.6 Å². The van der Waals surface area contributed by atoms with E-state index in [0.717, 1.165) is 0 Å². The van der Waals surface area contributed by atoms with E-state index in [-0.39, 0.29) is 29.3 Å². The Morgan fingerprint density at radius 2 is 2.07 bits per heavy atom. The Morgan fingerprint density at radius 3 is 2.70 bits per heavy atom. The van der Waals surface area contributed by atoms with Gasteiger partial charge in [0.15, 0.2) is 14.2 Å². The minimum Gasteiger partial charge on any atom is -0.341 e. The maximum atomic E-state index is 12.9. The summed E-state index contributed by atoms with van der Waals surface area (Å²) in [6.07, 6.45) is 0.479. The first-order chi connectivity index (χ1) is 12.7. The lowest BCUT2D eigenvalue weighted by Crippen LogP contribution is -2.41. The number of carbonyl (C=O) groups is 1. The molecule has 11 heteroatoms. The van der Waals surface area contributed by atoms with Gasteiger partial charge in [0.25, 0.3) is 0 Å². The molecule has 2 heterocycles. The van der Waals surface area contributed by atoms with Crippen molar-refractivity contribution in [3.8, 4) is 0 Å². The first kappa shape index (κ1) is 20.0. The molecule has 1 saturated heterocycles. The topological polar surface area (TPSA) is 92.3 Å². The molecule has 146 valence electrons. The number of hydrogen-bond donors (Lipinski definition) is 1. The summed E-state index contributed by atoms with van der Waals surface area (Å²) in [4.78, 5) is 14.1. The SMILES string of the molecule is CC(Sc1nnc(Nc2ccc(F)cc2)s1)C(=O)N(C)C1CCS(=O)(=O)C1. The summed E-state index contributed by atoms with van der Waals surface area (Å²) >= 11 is 2.57. The molecule has 1 aromatic carbocycles. The summed E-state index contributed by atoms with van der Waals surface area (Å²) in [5.74, 6) is -0.297. The molecule has 1 aliphatic rings. The van der Waals surface area contributed by atoms with Gasteiger partial charge in [-0.1, -0.05) is 23.1 Å². The summed E-state index contributed by atoms with van der Waals surface area (Å²) in [5.41, 5.74) is 0.690. The Morgan fingerprint density at radius 1 is 1.37 bits per heavy atom. The van der Waals surface area contributed by atoms with E-state index in [1.165, 1.54) is 40.1 Å². The molecule has 1 aliphatic heterocycles. The van der Waals surface area contributed by atoms with Gasteiger partial charge >= 0.3 is 0 Å². The zero-order valence-electron chi connectivity index (χ0n) is 14.8. The molecular weight excluding hydrogens is 411 g/mol. The fraction of sp³-hybridized carbons (Fsp3) is 0.438. The van der Waals surface area contributed by atoms with Crippen LogP contribution in [-0.2, 0) is 14.6 Å². The Balaban J connectivity index is 1.57. The fourth-order valence-electron chi connectivity index (χ4n) is 2.71. The van der Waals surface area contributed by atoms with E-state index in [1.54, 1.807) is 26.1 Å². The van der Waals surface area contributed by atoms with Gasteiger partial charge in [-0.15, -0.1) is 10.2 Å². The molecule has 1 aromatic heterocycles. The summed E-state index contributed by atoms with van der Waals surface area (Å²) in [5, 5.41) is 11.2. The summed E-state index contributed by atoms with van der Waals surface area (Å²) in [6, 6.07) is 5.62. The number of rotatable bonds is 6. The molecule has 27 heavy (non-hydrogen) atoms. The van der Waals surface area contributed by atoms with Gasteiger partial charge in [-0.05, 0) is 37.6 Å². The van der Waals surface area contributed by atoms with E-state index in [2.05, 4.69) is 15.5 Å². The van der Waals surface area contributed by atoms with Crippen LogP contribution < -0.4 is 5.32 Å². The number of sulfone groups is 1. The van der Waals surface area contributed by atoms with Gasteiger partial charge in [-0.2, -0.15) is 0 Å². The number of hydrogen-bond acceptors (Lipinski definition) is 8. The van der Waals surface area contributed by atoms with Crippen LogP contribution in [0.5, 0.6) is 0 Å². The predicted octanol–water partition coefficient (Wildman–Crippen LogP) is 2.55. The number of nitrogens with zero attached hydrogens (tertiary/aromatic N) is 3. The first-order valence-corrected chi connectivity index (χ1v) is 11.7. The highest BCUT2D eigenvalue weighted by Crippen LogP contribution is 2.31. The van der Waals surface area contributed by atoms with Crippen LogP contribution in [0.4, 0.5) is 15.2 Å². The third kappa shape index (κ3) is 5.17. The zero-order chi connectivity index (χ0) is 19.6. The van der Waals surface area contributed by atoms with Gasteiger partial charge in [0.1, 0.15) is 5.82 Å². The number of carbonyl (C=O) groups excluding carboxylic acids is 1. The van der Waals surface area contributed by atoms with E-state index in [0.29, 0.717) is 21.6 Å². The van der Waals surface area contributed by atoms with Gasteiger partial charge in [0.05, 0.1) is 16.8 Å². The smallest absolute Gasteiger partial charge is 0.235 e. The lowest BCUT2D eigenvalue weighted by Gasteiger charge is -2.25. The highest BCUT2D eigenvalue weighted by atomic mass is 32.2. The molecular formula is C16H19FN4O3S3. The summed E-state index contributed by atoms with van der Waals surface area (Å²) in [6.45, 7) is 1.77. The molecule has 2 atom stereocenters. The van der Waals surface area contributed by atoms with Crippen molar-refractivity contribution < 1.29 is 17.6 Å². The van der Waals surface area contributed by atoms with E-state index in [4.69, 9.17) is 0 Å². The predicted molar refractivity (Wildman–Crippen MR) is 105 cm³/mol. The van der Waals surface area contributed by atoms with E-state index >= 15 is 0 Å². The Kier molecular flexibility index (Phi) is 6.02. The Labute approximate surface area is 165 Å². The van der Waals surface area contributed by atoms with Crippen LogP contribution in [0, 0.1) is 5.82 Å². The average Bonchev–Trinajstić information content (AvgIpc) is 3.21. The van der Waals surface area contributed by atoms with Crippen molar-refractivity contribution in [1.82, 2.24) is 15.1 Å². The summed E-state index contributed by atoms with van der Waals surface area (Å²) < 4.78 is 36.8. The molecule has 3 rings (SSSR count). The molecule has 1 amide bonds. The van der Waals surface area contributed by atoms with E-state index < -0.39 is 15.1 Å². The molecule has 2 unspecified atom stereocenters. The molecule has 0 bridgehead atoms. The molecule has 0 aliphatic carbocycles. The molecule has 0 radical (unpaired) electrons. The van der Waals surface area contributed by atoms with Crippen LogP contribution in [-0.4, -0.2) is 59.3 Å². The second-order valence-corrected chi connectivity index (χ2v) is 11.1. The summed E-state index contributed by atoms with van der Waals surface area (Å²) in [7, 11) is -1.40. The minimum absolute atomic E-state index is 0.0250.